The van der Waals surface area contributed by atoms with E-state index in [1.165, 1.54) is 0 Å². The van der Waals surface area contributed by atoms with Crippen LogP contribution in [0.15, 0.2) is 18.2 Å². The van der Waals surface area contributed by atoms with Crippen molar-refractivity contribution in [3.8, 4) is 0 Å². The third-order valence-electron chi connectivity index (χ3n) is 1.82. The lowest BCUT2D eigenvalue weighted by molar-refractivity contribution is 0.126. The molecule has 0 aromatic heterocycles. The van der Waals surface area contributed by atoms with Gasteiger partial charge in [-0.15, -0.1) is 0 Å². The molecular weight excluding hydrogens is 287 g/mol. The topological polar surface area (TPSA) is 81.4 Å². The molecule has 0 saturated heterocycles. The first-order valence-electron chi connectivity index (χ1n) is 4.67. The standard InChI is InChI=1S/C9H12Cl2N2O3S/c10-8-2-1-7(9(11)5-8)6-16-4-3-13-17(12,14)15/h1-2,5,13H,3-4,6H2,(H2,12,14,15). The second-order valence-corrected chi connectivity index (χ2v) is 5.45. The molecule has 0 aliphatic heterocycles. The van der Waals surface area contributed by atoms with Gasteiger partial charge >= 0.3 is 0 Å². The van der Waals surface area contributed by atoms with Gasteiger partial charge < -0.3 is 4.74 Å². The SMILES string of the molecule is NS(=O)(=O)NCCOCc1ccc(Cl)cc1Cl. The molecule has 0 heterocycles. The highest BCUT2D eigenvalue weighted by Crippen LogP contribution is 2.21. The molecule has 0 unspecified atom stereocenters. The van der Waals surface area contributed by atoms with Crippen molar-refractivity contribution in [2.75, 3.05) is 13.2 Å². The Morgan fingerprint density at radius 1 is 1.35 bits per heavy atom. The molecule has 0 saturated carbocycles. The molecule has 0 aliphatic rings. The molecule has 1 rings (SSSR count). The maximum absolute atomic E-state index is 10.5. The van der Waals surface area contributed by atoms with Crippen LogP contribution in [-0.4, -0.2) is 21.6 Å². The van der Waals surface area contributed by atoms with Crippen LogP contribution < -0.4 is 9.86 Å². The zero-order valence-corrected chi connectivity index (χ0v) is 11.1. The van der Waals surface area contributed by atoms with Gasteiger partial charge in [-0.3, -0.25) is 0 Å². The Bertz CT molecular complexity index is 479. The van der Waals surface area contributed by atoms with E-state index in [1.54, 1.807) is 18.2 Å². The van der Waals surface area contributed by atoms with Crippen LogP contribution in [-0.2, 0) is 21.6 Å². The molecule has 0 amide bonds. The monoisotopic (exact) mass is 298 g/mol. The predicted octanol–water partition coefficient (Wildman–Crippen LogP) is 1.30. The number of halogens is 2. The first-order chi connectivity index (χ1) is 7.88. The van der Waals surface area contributed by atoms with Gasteiger partial charge in [0.25, 0.3) is 10.2 Å². The minimum atomic E-state index is -3.66. The average Bonchev–Trinajstić information content (AvgIpc) is 2.18. The lowest BCUT2D eigenvalue weighted by Crippen LogP contribution is -2.33. The van der Waals surface area contributed by atoms with Crippen LogP contribution in [0.1, 0.15) is 5.56 Å². The number of rotatable bonds is 6. The summed E-state index contributed by atoms with van der Waals surface area (Å²) in [5.74, 6) is 0. The zero-order chi connectivity index (χ0) is 12.9. The van der Waals surface area contributed by atoms with Crippen LogP contribution >= 0.6 is 23.2 Å². The quantitative estimate of drug-likeness (QED) is 0.777. The van der Waals surface area contributed by atoms with Crippen molar-refractivity contribution in [2.24, 2.45) is 5.14 Å². The lowest BCUT2D eigenvalue weighted by atomic mass is 10.2. The van der Waals surface area contributed by atoms with E-state index in [1.807, 2.05) is 0 Å². The van der Waals surface area contributed by atoms with Crippen LogP contribution in [0.3, 0.4) is 0 Å². The molecule has 0 bridgehead atoms. The number of hydrogen-bond acceptors (Lipinski definition) is 3. The van der Waals surface area contributed by atoms with Gasteiger partial charge in [0.05, 0.1) is 13.2 Å². The third-order valence-corrected chi connectivity index (χ3v) is 3.02. The number of nitrogens with one attached hydrogen (secondary N) is 1. The highest BCUT2D eigenvalue weighted by Gasteiger charge is 2.02. The van der Waals surface area contributed by atoms with Crippen LogP contribution in [0.25, 0.3) is 0 Å². The van der Waals surface area contributed by atoms with E-state index < -0.39 is 10.2 Å². The average molecular weight is 299 g/mol. The highest BCUT2D eigenvalue weighted by molar-refractivity contribution is 7.87. The lowest BCUT2D eigenvalue weighted by Gasteiger charge is -2.06. The Labute approximate surface area is 110 Å². The molecule has 0 atom stereocenters. The summed E-state index contributed by atoms with van der Waals surface area (Å²) in [6.07, 6.45) is 0. The fourth-order valence-electron chi connectivity index (χ4n) is 1.08. The van der Waals surface area contributed by atoms with Gasteiger partial charge in [-0.25, -0.2) is 9.86 Å². The van der Waals surface area contributed by atoms with E-state index in [0.717, 1.165) is 5.56 Å². The van der Waals surface area contributed by atoms with Gasteiger partial charge in [-0.05, 0) is 17.7 Å². The number of benzene rings is 1. The molecule has 3 N–H and O–H groups in total. The molecule has 0 spiro atoms. The van der Waals surface area contributed by atoms with Gasteiger partial charge in [0.1, 0.15) is 0 Å². The summed E-state index contributed by atoms with van der Waals surface area (Å²) in [5, 5.41) is 5.80. The summed E-state index contributed by atoms with van der Waals surface area (Å²) in [7, 11) is -3.66. The Morgan fingerprint density at radius 3 is 2.65 bits per heavy atom. The van der Waals surface area contributed by atoms with Crippen molar-refractivity contribution in [3.63, 3.8) is 0 Å². The summed E-state index contributed by atoms with van der Waals surface area (Å²) in [5.41, 5.74) is 0.784. The molecular formula is C9H12Cl2N2O3S. The Hall–Kier alpha value is -0.370. The normalized spacial score (nSPS) is 11.7. The maximum Gasteiger partial charge on any atom is 0.274 e. The highest BCUT2D eigenvalue weighted by atomic mass is 35.5. The number of nitrogens with two attached hydrogens (primary N) is 1. The van der Waals surface area contributed by atoms with Gasteiger partial charge in [0.2, 0.25) is 0 Å². The molecule has 96 valence electrons. The van der Waals surface area contributed by atoms with Gasteiger partial charge in [0.15, 0.2) is 0 Å². The maximum atomic E-state index is 10.5. The van der Waals surface area contributed by atoms with Crippen molar-refractivity contribution in [3.05, 3.63) is 33.8 Å². The fraction of sp³-hybridized carbons (Fsp3) is 0.333. The molecule has 17 heavy (non-hydrogen) atoms. The van der Waals surface area contributed by atoms with Crippen LogP contribution in [0, 0.1) is 0 Å². The molecule has 1 aromatic rings. The second kappa shape index (κ2) is 6.53. The smallest absolute Gasteiger partial charge is 0.274 e. The zero-order valence-electron chi connectivity index (χ0n) is 8.82. The van der Waals surface area contributed by atoms with Gasteiger partial charge in [-0.1, -0.05) is 29.3 Å². The molecule has 1 aromatic carbocycles. The van der Waals surface area contributed by atoms with Crippen molar-refractivity contribution in [1.29, 1.82) is 0 Å². The van der Waals surface area contributed by atoms with E-state index >= 15 is 0 Å². The minimum Gasteiger partial charge on any atom is -0.375 e. The Balaban J connectivity index is 2.32. The van der Waals surface area contributed by atoms with Crippen LogP contribution in [0.2, 0.25) is 10.0 Å². The Kier molecular flexibility index (Phi) is 5.64. The summed E-state index contributed by atoms with van der Waals surface area (Å²) in [4.78, 5) is 0. The molecule has 8 heteroatoms. The van der Waals surface area contributed by atoms with E-state index in [2.05, 4.69) is 4.72 Å². The van der Waals surface area contributed by atoms with Crippen molar-refractivity contribution >= 4 is 33.4 Å². The first-order valence-corrected chi connectivity index (χ1v) is 6.98. The summed E-state index contributed by atoms with van der Waals surface area (Å²) in [6, 6.07) is 5.07. The molecule has 5 nitrogen and oxygen atoms in total. The largest absolute Gasteiger partial charge is 0.375 e. The van der Waals surface area contributed by atoms with E-state index in [9.17, 15) is 8.42 Å². The fourth-order valence-corrected chi connectivity index (χ4v) is 1.91. The van der Waals surface area contributed by atoms with Crippen molar-refractivity contribution in [2.45, 2.75) is 6.61 Å². The van der Waals surface area contributed by atoms with E-state index in [0.29, 0.717) is 10.0 Å². The number of ether oxygens (including phenoxy) is 1. The second-order valence-electron chi connectivity index (χ2n) is 3.23. The van der Waals surface area contributed by atoms with Crippen LogP contribution in [0.5, 0.6) is 0 Å². The molecule has 0 fully saturated rings. The summed E-state index contributed by atoms with van der Waals surface area (Å²) < 4.78 is 28.4. The van der Waals surface area contributed by atoms with Crippen LogP contribution in [0.4, 0.5) is 0 Å². The Morgan fingerprint density at radius 2 is 2.06 bits per heavy atom. The molecule has 0 aliphatic carbocycles. The van der Waals surface area contributed by atoms with Crippen molar-refractivity contribution < 1.29 is 13.2 Å². The number of hydrogen-bond donors (Lipinski definition) is 2. The van der Waals surface area contributed by atoms with Gasteiger partial charge in [-0.2, -0.15) is 8.42 Å². The predicted molar refractivity (Wildman–Crippen MR) is 67.2 cm³/mol. The van der Waals surface area contributed by atoms with Crippen molar-refractivity contribution in [1.82, 2.24) is 4.72 Å². The third kappa shape index (κ3) is 6.21. The first kappa shape index (κ1) is 14.7. The van der Waals surface area contributed by atoms with E-state index in [-0.39, 0.29) is 19.8 Å². The minimum absolute atomic E-state index is 0.115. The van der Waals surface area contributed by atoms with Gasteiger partial charge in [0, 0.05) is 16.6 Å². The van der Waals surface area contributed by atoms with E-state index in [4.69, 9.17) is 33.1 Å². The summed E-state index contributed by atoms with van der Waals surface area (Å²) in [6.45, 7) is 0.599. The molecule has 0 radical (unpaired) electrons. The summed E-state index contributed by atoms with van der Waals surface area (Å²) >= 11 is 11.7.